The molecule has 2 amide bonds. The molecule has 0 aromatic carbocycles. The van der Waals surface area contributed by atoms with E-state index >= 15 is 0 Å². The van der Waals surface area contributed by atoms with E-state index in [0.29, 0.717) is 12.2 Å². The number of anilines is 1. The van der Waals surface area contributed by atoms with Crippen LogP contribution in [0.15, 0.2) is 24.3 Å². The van der Waals surface area contributed by atoms with Crippen LogP contribution in [-0.4, -0.2) is 123 Å². The number of thioether (sulfide) groups is 1. The van der Waals surface area contributed by atoms with E-state index in [0.717, 1.165) is 47.4 Å². The Hall–Kier alpha value is -2.70. The second-order valence-corrected chi connectivity index (χ2v) is 18.4. The first-order valence-corrected chi connectivity index (χ1v) is 22.8. The average Bonchev–Trinajstić information content (AvgIpc) is 3.67. The lowest BCUT2D eigenvalue weighted by atomic mass is 9.87. The Morgan fingerprint density at radius 1 is 1.05 bits per heavy atom. The number of aromatic nitrogens is 4. The monoisotopic (exact) mass is 891 g/mol. The van der Waals surface area contributed by atoms with Gasteiger partial charge in [-0.1, -0.05) is 52.0 Å². The average molecular weight is 892 g/mol. The standard InChI is InChI=1S/C29H48N7O17P3S/c1-5-7-17(8-6-2)28(41)57-12-11-31-19(37)9-10-32-26(40)23(39)29(3,4)14-50-56(47,48)53-55(45,46)49-13-18-22(52-54(42,43)44)21(38)27(51-18)36-16-35-20-24(30)33-15-34-25(20)36/h7,15-16,18,21-23,27,38-39H,5-6,8-14H2,1-4H3,(H,31,37)(H,32,40)(H,45,46)(H,47,48)(H2,30,33,34)(H2,42,43,44)/b17-7+/t18-,21-,22-,23+,27-/m0/s1. The summed E-state index contributed by atoms with van der Waals surface area (Å²) in [6.07, 6.45) is -2.79. The van der Waals surface area contributed by atoms with Crippen molar-refractivity contribution in [2.24, 2.45) is 5.41 Å². The van der Waals surface area contributed by atoms with Gasteiger partial charge in [0.1, 0.15) is 36.3 Å². The quantitative estimate of drug-likeness (QED) is 0.0423. The van der Waals surface area contributed by atoms with Gasteiger partial charge < -0.3 is 50.9 Å². The molecule has 1 aliphatic heterocycles. The van der Waals surface area contributed by atoms with E-state index in [-0.39, 0.29) is 41.6 Å². The van der Waals surface area contributed by atoms with Gasteiger partial charge in [-0.15, -0.1) is 0 Å². The number of nitrogen functional groups attached to an aromatic ring is 1. The molecule has 3 rings (SSSR count). The zero-order chi connectivity index (χ0) is 42.8. The fraction of sp³-hybridized carbons (Fsp3) is 0.655. The van der Waals surface area contributed by atoms with Crippen LogP contribution < -0.4 is 16.4 Å². The molecule has 322 valence electrons. The molecular formula is C29H48N7O17P3S. The highest BCUT2D eigenvalue weighted by molar-refractivity contribution is 8.14. The third kappa shape index (κ3) is 14.8. The van der Waals surface area contributed by atoms with Gasteiger partial charge in [-0.3, -0.25) is 32.5 Å². The fourth-order valence-electron chi connectivity index (χ4n) is 5.17. The van der Waals surface area contributed by atoms with Crippen LogP contribution in [0.2, 0.25) is 0 Å². The smallest absolute Gasteiger partial charge is 0.386 e. The Labute approximate surface area is 330 Å². The number of carbonyl (C=O) groups is 3. The summed E-state index contributed by atoms with van der Waals surface area (Å²) in [6, 6.07) is 0. The molecule has 0 bridgehead atoms. The van der Waals surface area contributed by atoms with Crippen molar-refractivity contribution in [3.8, 4) is 0 Å². The molecule has 2 unspecified atom stereocenters. The first kappa shape index (κ1) is 48.7. The molecule has 24 nitrogen and oxygen atoms in total. The molecule has 0 radical (unpaired) electrons. The molecule has 2 aromatic rings. The number of hydrogen-bond donors (Lipinski definition) is 9. The van der Waals surface area contributed by atoms with E-state index in [9.17, 15) is 57.9 Å². The Morgan fingerprint density at radius 2 is 1.74 bits per heavy atom. The highest BCUT2D eigenvalue weighted by Gasteiger charge is 2.50. The van der Waals surface area contributed by atoms with Crippen molar-refractivity contribution in [3.05, 3.63) is 24.3 Å². The number of hydrogen-bond acceptors (Lipinski definition) is 18. The lowest BCUT2D eigenvalue weighted by Crippen LogP contribution is -2.46. The summed E-state index contributed by atoms with van der Waals surface area (Å²) in [4.78, 5) is 88.1. The number of nitrogens with zero attached hydrogens (tertiary/aromatic N) is 4. The van der Waals surface area contributed by atoms with Gasteiger partial charge >= 0.3 is 23.5 Å². The summed E-state index contributed by atoms with van der Waals surface area (Å²) < 4.78 is 62.2. The summed E-state index contributed by atoms with van der Waals surface area (Å²) in [5.41, 5.74) is 5.00. The predicted octanol–water partition coefficient (Wildman–Crippen LogP) is 0.801. The summed E-state index contributed by atoms with van der Waals surface area (Å²) in [6.45, 7) is 4.42. The van der Waals surface area contributed by atoms with Crippen molar-refractivity contribution in [3.63, 3.8) is 0 Å². The predicted molar refractivity (Wildman–Crippen MR) is 200 cm³/mol. The number of carbonyl (C=O) groups excluding carboxylic acids is 3. The third-order valence-corrected chi connectivity index (χ3v) is 12.0. The maximum atomic E-state index is 12.7. The minimum atomic E-state index is -5.57. The van der Waals surface area contributed by atoms with Crippen molar-refractivity contribution >= 4 is 69.1 Å². The third-order valence-electron chi connectivity index (χ3n) is 7.97. The number of nitrogens with two attached hydrogens (primary N) is 1. The van der Waals surface area contributed by atoms with E-state index in [1.54, 1.807) is 0 Å². The van der Waals surface area contributed by atoms with Gasteiger partial charge in [0.05, 0.1) is 19.5 Å². The van der Waals surface area contributed by atoms with Crippen LogP contribution in [0.5, 0.6) is 0 Å². The van der Waals surface area contributed by atoms with Gasteiger partial charge in [0.25, 0.3) is 0 Å². The van der Waals surface area contributed by atoms with E-state index in [4.69, 9.17) is 19.5 Å². The second-order valence-electron chi connectivity index (χ2n) is 13.1. The van der Waals surface area contributed by atoms with Crippen molar-refractivity contribution in [1.82, 2.24) is 30.2 Å². The maximum Gasteiger partial charge on any atom is 0.481 e. The van der Waals surface area contributed by atoms with E-state index < -0.39 is 84.6 Å². The van der Waals surface area contributed by atoms with Crippen molar-refractivity contribution in [2.45, 2.75) is 84.0 Å². The largest absolute Gasteiger partial charge is 0.481 e. The molecule has 1 saturated heterocycles. The van der Waals surface area contributed by atoms with Crippen LogP contribution in [0.25, 0.3) is 11.2 Å². The Morgan fingerprint density at radius 3 is 2.39 bits per heavy atom. The number of ether oxygens (including phenoxy) is 1. The molecule has 1 aliphatic rings. The van der Waals surface area contributed by atoms with Gasteiger partial charge in [-0.25, -0.2) is 28.6 Å². The molecule has 1 fully saturated rings. The maximum absolute atomic E-state index is 12.7. The number of nitrogens with one attached hydrogen (secondary N) is 2. The number of allylic oxidation sites excluding steroid dienone is 1. The zero-order valence-corrected chi connectivity index (χ0v) is 34.8. The molecule has 7 atom stereocenters. The van der Waals surface area contributed by atoms with E-state index in [2.05, 4.69) is 34.4 Å². The zero-order valence-electron chi connectivity index (χ0n) is 31.3. The number of phosphoric acid groups is 3. The van der Waals surface area contributed by atoms with Crippen LogP contribution in [-0.2, 0) is 50.7 Å². The first-order chi connectivity index (χ1) is 26.5. The highest BCUT2D eigenvalue weighted by atomic mass is 32.2. The number of phosphoric ester groups is 3. The van der Waals surface area contributed by atoms with Crippen molar-refractivity contribution in [2.75, 3.05) is 37.8 Å². The lowest BCUT2D eigenvalue weighted by molar-refractivity contribution is -0.137. The number of aliphatic hydroxyl groups is 2. The van der Waals surface area contributed by atoms with E-state index in [1.165, 1.54) is 13.8 Å². The highest BCUT2D eigenvalue weighted by Crippen LogP contribution is 2.61. The van der Waals surface area contributed by atoms with Crippen LogP contribution in [0.1, 0.15) is 59.6 Å². The van der Waals surface area contributed by atoms with Gasteiger partial charge in [0, 0.05) is 36.3 Å². The number of amides is 2. The summed E-state index contributed by atoms with van der Waals surface area (Å²) in [5, 5.41) is 26.4. The van der Waals surface area contributed by atoms with Crippen LogP contribution in [0.4, 0.5) is 5.82 Å². The van der Waals surface area contributed by atoms with Gasteiger partial charge in [0.15, 0.2) is 17.7 Å². The number of fused-ring (bicyclic) bond motifs is 1. The number of aliphatic hydroxyl groups excluding tert-OH is 2. The van der Waals surface area contributed by atoms with Crippen LogP contribution in [0.3, 0.4) is 0 Å². The molecule has 57 heavy (non-hydrogen) atoms. The number of imidazole rings is 1. The van der Waals surface area contributed by atoms with Crippen molar-refractivity contribution in [1.29, 1.82) is 0 Å². The molecule has 3 heterocycles. The Bertz CT molecular complexity index is 1900. The number of rotatable bonds is 23. The van der Waals surface area contributed by atoms with Gasteiger partial charge in [0.2, 0.25) is 16.9 Å². The van der Waals surface area contributed by atoms with E-state index in [1.807, 2.05) is 19.9 Å². The summed E-state index contributed by atoms with van der Waals surface area (Å²) in [5.74, 6) is -1.10. The minimum Gasteiger partial charge on any atom is -0.386 e. The topological polar surface area (TPSA) is 364 Å². The summed E-state index contributed by atoms with van der Waals surface area (Å²) in [7, 11) is -16.4. The normalized spacial score (nSPS) is 21.8. The fourth-order valence-corrected chi connectivity index (χ4v) is 8.76. The molecule has 0 saturated carbocycles. The van der Waals surface area contributed by atoms with Crippen LogP contribution in [0, 0.1) is 5.41 Å². The molecule has 10 N–H and O–H groups in total. The van der Waals surface area contributed by atoms with Gasteiger partial charge in [-0.2, -0.15) is 4.31 Å². The van der Waals surface area contributed by atoms with Crippen molar-refractivity contribution < 1.29 is 80.5 Å². The molecular weight excluding hydrogens is 843 g/mol. The Balaban J connectivity index is 1.49. The minimum absolute atomic E-state index is 0.0309. The second kappa shape index (κ2) is 21.0. The summed E-state index contributed by atoms with van der Waals surface area (Å²) >= 11 is 1.09. The molecule has 0 spiro atoms. The van der Waals surface area contributed by atoms with Gasteiger partial charge in [-0.05, 0) is 12.8 Å². The SMILES string of the molecule is CC/C=C(\CCC)C(=O)SCCNC(=O)CCNC(=O)[C@@H](O)C(C)(C)COP(=O)(O)OP(=O)(O)OC[C@@H]1O[C@H](n2cnc3c(N)ncnc32)[C@@H](O)[C@H]1OP(=O)(O)O. The Kier molecular flexibility index (Phi) is 17.9. The molecule has 0 aliphatic carbocycles. The van der Waals surface area contributed by atoms with Crippen LogP contribution >= 0.6 is 35.2 Å². The molecule has 2 aromatic heterocycles. The molecule has 28 heteroatoms. The lowest BCUT2D eigenvalue weighted by Gasteiger charge is -2.30. The first-order valence-electron chi connectivity index (χ1n) is 17.3.